The van der Waals surface area contributed by atoms with Gasteiger partial charge in [-0.3, -0.25) is 14.0 Å². The number of carbonyl (C=O) groups is 1. The first-order valence-electron chi connectivity index (χ1n) is 11.8. The number of aromatic nitrogens is 5. The van der Waals surface area contributed by atoms with Gasteiger partial charge in [0.15, 0.2) is 17.5 Å². The van der Waals surface area contributed by atoms with Gasteiger partial charge in [0.2, 0.25) is 0 Å². The van der Waals surface area contributed by atoms with E-state index in [0.717, 1.165) is 17.7 Å². The lowest BCUT2D eigenvalue weighted by atomic mass is 9.87. The van der Waals surface area contributed by atoms with Crippen molar-refractivity contribution < 1.29 is 18.0 Å². The number of hydrogen-bond donors (Lipinski definition) is 0. The number of rotatable bonds is 5. The quantitative estimate of drug-likeness (QED) is 0.366. The molecule has 1 aromatic carbocycles. The molecule has 10 heteroatoms. The second kappa shape index (κ2) is 9.25. The highest BCUT2D eigenvalue weighted by Crippen LogP contribution is 2.41. The first-order chi connectivity index (χ1) is 17.3. The van der Waals surface area contributed by atoms with E-state index in [9.17, 15) is 18.0 Å². The van der Waals surface area contributed by atoms with Gasteiger partial charge in [-0.1, -0.05) is 13.8 Å². The Hall–Kier alpha value is -3.95. The maximum Gasteiger partial charge on any atom is 0.256 e. The van der Waals surface area contributed by atoms with Crippen LogP contribution >= 0.6 is 0 Å². The van der Waals surface area contributed by atoms with Gasteiger partial charge < -0.3 is 4.90 Å². The third-order valence-electron chi connectivity index (χ3n) is 6.77. The predicted molar refractivity (Wildman–Crippen MR) is 127 cm³/mol. The maximum atomic E-state index is 14.0. The molecule has 0 fully saturated rings. The van der Waals surface area contributed by atoms with Crippen LogP contribution in [0.2, 0.25) is 0 Å². The van der Waals surface area contributed by atoms with Crippen LogP contribution in [-0.2, 0) is 13.5 Å². The summed E-state index contributed by atoms with van der Waals surface area (Å²) in [6.45, 7) is 3.97. The number of nitrogens with zero attached hydrogens (tertiary/aromatic N) is 6. The van der Waals surface area contributed by atoms with Gasteiger partial charge in [-0.05, 0) is 43.5 Å². The second-order valence-electron chi connectivity index (χ2n) is 8.87. The fourth-order valence-corrected chi connectivity index (χ4v) is 5.08. The summed E-state index contributed by atoms with van der Waals surface area (Å²) in [7, 11) is 1.69. The minimum absolute atomic E-state index is 0.157. The van der Waals surface area contributed by atoms with Crippen LogP contribution in [0.4, 0.5) is 13.2 Å². The van der Waals surface area contributed by atoms with Crippen molar-refractivity contribution in [2.24, 2.45) is 7.05 Å². The van der Waals surface area contributed by atoms with Gasteiger partial charge in [-0.15, -0.1) is 0 Å². The Balaban J connectivity index is 1.54. The van der Waals surface area contributed by atoms with Gasteiger partial charge in [0.05, 0.1) is 23.0 Å². The Morgan fingerprint density at radius 1 is 1.11 bits per heavy atom. The van der Waals surface area contributed by atoms with Gasteiger partial charge in [-0.2, -0.15) is 5.10 Å². The van der Waals surface area contributed by atoms with E-state index >= 15 is 0 Å². The van der Waals surface area contributed by atoms with Crippen molar-refractivity contribution in [3.63, 3.8) is 0 Å². The Labute approximate surface area is 206 Å². The summed E-state index contributed by atoms with van der Waals surface area (Å²) in [5.41, 5.74) is 2.70. The van der Waals surface area contributed by atoms with Crippen LogP contribution in [0.3, 0.4) is 0 Å². The molecule has 0 saturated carbocycles. The van der Waals surface area contributed by atoms with Crippen LogP contribution < -0.4 is 0 Å². The minimum atomic E-state index is -1.50. The lowest BCUT2D eigenvalue weighted by molar-refractivity contribution is 0.0512. The molecule has 4 heterocycles. The summed E-state index contributed by atoms with van der Waals surface area (Å²) in [5, 5.41) is 4.66. The monoisotopic (exact) mass is 494 g/mol. The van der Waals surface area contributed by atoms with Crippen LogP contribution in [0.25, 0.3) is 17.1 Å². The number of carbonyl (C=O) groups excluding carboxylic acids is 1. The number of amides is 1. The lowest BCUT2D eigenvalue weighted by Crippen LogP contribution is -2.47. The zero-order chi connectivity index (χ0) is 25.6. The van der Waals surface area contributed by atoms with Crippen molar-refractivity contribution in [3.8, 4) is 17.1 Å². The number of fused-ring (bicyclic) bond motifs is 1. The highest BCUT2D eigenvalue weighted by atomic mass is 19.2. The Kier molecular flexibility index (Phi) is 6.11. The summed E-state index contributed by atoms with van der Waals surface area (Å²) in [6.07, 6.45) is 8.33. The van der Waals surface area contributed by atoms with E-state index in [4.69, 9.17) is 0 Å². The van der Waals surface area contributed by atoms with Crippen molar-refractivity contribution in [2.45, 2.75) is 45.2 Å². The molecule has 2 atom stereocenters. The summed E-state index contributed by atoms with van der Waals surface area (Å²) in [5.74, 6) is -3.51. The number of benzene rings is 1. The molecule has 5 rings (SSSR count). The molecule has 0 radical (unpaired) electrons. The van der Waals surface area contributed by atoms with Crippen LogP contribution in [-0.4, -0.2) is 41.2 Å². The van der Waals surface area contributed by atoms with Gasteiger partial charge in [0.25, 0.3) is 5.91 Å². The Morgan fingerprint density at radius 3 is 2.44 bits per heavy atom. The molecule has 0 aliphatic carbocycles. The molecule has 7 nitrogen and oxygen atoms in total. The third kappa shape index (κ3) is 3.86. The van der Waals surface area contributed by atoms with Gasteiger partial charge >= 0.3 is 0 Å². The molecule has 0 saturated heterocycles. The molecule has 1 aliphatic rings. The summed E-state index contributed by atoms with van der Waals surface area (Å²) in [4.78, 5) is 24.0. The molecule has 2 unspecified atom stereocenters. The smallest absolute Gasteiger partial charge is 0.256 e. The highest BCUT2D eigenvalue weighted by Gasteiger charge is 2.40. The SMILES string of the molecule is CCC1Cc2c(nn(C)c2-c2cc(F)c(F)c(F)c2)C(CC)N1C(=O)c1ccc(-n2ccnc2)nc1. The molecule has 186 valence electrons. The first-order valence-corrected chi connectivity index (χ1v) is 11.8. The van der Waals surface area contributed by atoms with Crippen LogP contribution in [0.1, 0.15) is 54.3 Å². The minimum Gasteiger partial charge on any atom is -0.327 e. The van der Waals surface area contributed by atoms with E-state index < -0.39 is 17.5 Å². The number of hydrogen-bond acceptors (Lipinski definition) is 4. The van der Waals surface area contributed by atoms with Crippen molar-refractivity contribution in [2.75, 3.05) is 0 Å². The second-order valence-corrected chi connectivity index (χ2v) is 8.87. The van der Waals surface area contributed by atoms with Crippen LogP contribution in [0.5, 0.6) is 0 Å². The fourth-order valence-electron chi connectivity index (χ4n) is 5.08. The highest BCUT2D eigenvalue weighted by molar-refractivity contribution is 5.95. The molecule has 0 bridgehead atoms. The molecule has 1 amide bonds. The number of halogens is 3. The normalized spacial score (nSPS) is 17.3. The third-order valence-corrected chi connectivity index (χ3v) is 6.77. The average molecular weight is 495 g/mol. The predicted octanol–water partition coefficient (Wildman–Crippen LogP) is 5.01. The molecule has 0 spiro atoms. The van der Waals surface area contributed by atoms with Gasteiger partial charge in [0.1, 0.15) is 12.1 Å². The van der Waals surface area contributed by atoms with Crippen molar-refractivity contribution in [1.82, 2.24) is 29.2 Å². The van der Waals surface area contributed by atoms with E-state index in [1.165, 1.54) is 0 Å². The largest absolute Gasteiger partial charge is 0.327 e. The van der Waals surface area contributed by atoms with Gasteiger partial charge in [-0.25, -0.2) is 23.1 Å². The summed E-state index contributed by atoms with van der Waals surface area (Å²) >= 11 is 0. The average Bonchev–Trinajstić information content (AvgIpc) is 3.53. The van der Waals surface area contributed by atoms with Crippen molar-refractivity contribution in [3.05, 3.63) is 83.5 Å². The van der Waals surface area contributed by atoms with E-state index in [1.54, 1.807) is 53.3 Å². The lowest BCUT2D eigenvalue weighted by Gasteiger charge is -2.41. The number of aryl methyl sites for hydroxylation is 1. The number of pyridine rings is 1. The molecular weight excluding hydrogens is 469 g/mol. The standard InChI is InChI=1S/C26H25F3N6O/c1-4-17-12-18-24(32-33(3)25(18)16-10-19(27)23(29)20(28)11-16)21(5-2)35(17)26(36)15-6-7-22(31-13-15)34-9-8-30-14-34/h6-11,13-14,17,21H,4-5,12H2,1-3H3. The number of imidazole rings is 1. The fraction of sp³-hybridized carbons (Fsp3) is 0.308. The Morgan fingerprint density at radius 2 is 1.86 bits per heavy atom. The van der Waals surface area contributed by atoms with Crippen molar-refractivity contribution >= 4 is 5.91 Å². The Bertz CT molecular complexity index is 1390. The topological polar surface area (TPSA) is 68.8 Å². The van der Waals surface area contributed by atoms with Crippen molar-refractivity contribution in [1.29, 1.82) is 0 Å². The van der Waals surface area contributed by atoms with Gasteiger partial charge in [0, 0.05) is 42.8 Å². The first kappa shape index (κ1) is 23.8. The zero-order valence-corrected chi connectivity index (χ0v) is 20.1. The zero-order valence-electron chi connectivity index (χ0n) is 20.1. The van der Waals surface area contributed by atoms with Crippen LogP contribution in [0.15, 0.2) is 49.2 Å². The summed E-state index contributed by atoms with van der Waals surface area (Å²) in [6, 6.07) is 4.98. The molecule has 0 N–H and O–H groups in total. The molecule has 4 aromatic rings. The van der Waals surface area contributed by atoms with E-state index in [0.29, 0.717) is 42.0 Å². The molecular formula is C26H25F3N6O. The van der Waals surface area contributed by atoms with E-state index in [1.807, 2.05) is 18.7 Å². The molecule has 1 aliphatic heterocycles. The molecule has 3 aromatic heterocycles. The van der Waals surface area contributed by atoms with Crippen LogP contribution in [0, 0.1) is 17.5 Å². The summed E-state index contributed by atoms with van der Waals surface area (Å²) < 4.78 is 45.0. The van der Waals surface area contributed by atoms with E-state index in [-0.39, 0.29) is 23.6 Å². The van der Waals surface area contributed by atoms with E-state index in [2.05, 4.69) is 15.1 Å². The molecule has 36 heavy (non-hydrogen) atoms. The maximum absolute atomic E-state index is 14.0.